The van der Waals surface area contributed by atoms with Crippen molar-refractivity contribution < 1.29 is 19.4 Å². The first kappa shape index (κ1) is 14.5. The molecule has 0 radical (unpaired) electrons. The first-order chi connectivity index (χ1) is 8.67. The molecule has 1 heterocycles. The van der Waals surface area contributed by atoms with Gasteiger partial charge in [-0.15, -0.1) is 0 Å². The molecule has 1 rings (SSSR count). The fourth-order valence-electron chi connectivity index (χ4n) is 1.53. The van der Waals surface area contributed by atoms with Gasteiger partial charge in [-0.3, -0.25) is 4.68 Å². The van der Waals surface area contributed by atoms with Gasteiger partial charge < -0.3 is 14.6 Å². The predicted octanol–water partition coefficient (Wildman–Crippen LogP) is 1.55. The summed E-state index contributed by atoms with van der Waals surface area (Å²) < 4.78 is 12.3. The average molecular weight is 256 g/mol. The number of carboxylic acid groups (broad SMARTS) is 1. The van der Waals surface area contributed by atoms with E-state index in [-0.39, 0.29) is 0 Å². The van der Waals surface area contributed by atoms with Crippen LogP contribution in [0.5, 0.6) is 5.75 Å². The van der Waals surface area contributed by atoms with Crippen LogP contribution in [0.3, 0.4) is 0 Å². The van der Waals surface area contributed by atoms with Crippen molar-refractivity contribution in [2.45, 2.75) is 39.3 Å². The van der Waals surface area contributed by atoms with Crippen molar-refractivity contribution in [1.29, 1.82) is 0 Å². The monoisotopic (exact) mass is 256 g/mol. The van der Waals surface area contributed by atoms with E-state index in [0.717, 1.165) is 13.0 Å². The maximum absolute atomic E-state index is 10.8. The molecule has 0 saturated heterocycles. The first-order valence-corrected chi connectivity index (χ1v) is 6.17. The molecule has 1 unspecified atom stereocenters. The van der Waals surface area contributed by atoms with Crippen LogP contribution in [0.4, 0.5) is 0 Å². The SMILES string of the molecule is CCCn1cc(OCCC(OCC)C(=O)O)cn1. The van der Waals surface area contributed by atoms with Gasteiger partial charge in [0.15, 0.2) is 11.9 Å². The number of aromatic nitrogens is 2. The van der Waals surface area contributed by atoms with Crippen LogP contribution < -0.4 is 4.74 Å². The summed E-state index contributed by atoms with van der Waals surface area (Å²) in [6, 6.07) is 0. The molecule has 0 aliphatic heterocycles. The maximum Gasteiger partial charge on any atom is 0.332 e. The van der Waals surface area contributed by atoms with Crippen molar-refractivity contribution in [3.8, 4) is 5.75 Å². The Hall–Kier alpha value is -1.56. The van der Waals surface area contributed by atoms with Gasteiger partial charge in [-0.1, -0.05) is 6.92 Å². The molecule has 1 atom stereocenters. The number of hydrogen-bond acceptors (Lipinski definition) is 4. The Kier molecular flexibility index (Phi) is 6.21. The van der Waals surface area contributed by atoms with Gasteiger partial charge in [0, 0.05) is 19.6 Å². The van der Waals surface area contributed by atoms with Crippen LogP contribution >= 0.6 is 0 Å². The lowest BCUT2D eigenvalue weighted by Gasteiger charge is -2.12. The summed E-state index contributed by atoms with van der Waals surface area (Å²) in [6.07, 6.45) is 3.96. The van der Waals surface area contributed by atoms with E-state index in [0.29, 0.717) is 25.4 Å². The lowest BCUT2D eigenvalue weighted by Crippen LogP contribution is -2.26. The minimum absolute atomic E-state index is 0.300. The topological polar surface area (TPSA) is 73.6 Å². The zero-order chi connectivity index (χ0) is 13.4. The largest absolute Gasteiger partial charge is 0.490 e. The molecule has 102 valence electrons. The highest BCUT2D eigenvalue weighted by atomic mass is 16.5. The van der Waals surface area contributed by atoms with Gasteiger partial charge in [0.1, 0.15) is 0 Å². The third kappa shape index (κ3) is 4.75. The number of rotatable bonds is 9. The third-order valence-corrected chi connectivity index (χ3v) is 2.35. The second-order valence-electron chi connectivity index (χ2n) is 3.86. The van der Waals surface area contributed by atoms with E-state index in [2.05, 4.69) is 12.0 Å². The minimum atomic E-state index is -0.956. The van der Waals surface area contributed by atoms with Crippen LogP contribution in [0, 0.1) is 0 Å². The van der Waals surface area contributed by atoms with E-state index < -0.39 is 12.1 Å². The molecule has 0 fully saturated rings. The zero-order valence-electron chi connectivity index (χ0n) is 10.8. The van der Waals surface area contributed by atoms with E-state index in [1.165, 1.54) is 0 Å². The average Bonchev–Trinajstić information content (AvgIpc) is 2.76. The molecule has 1 aromatic heterocycles. The van der Waals surface area contributed by atoms with Crippen LogP contribution in [0.25, 0.3) is 0 Å². The Labute approximate surface area is 107 Å². The highest BCUT2D eigenvalue weighted by molar-refractivity contribution is 5.72. The highest BCUT2D eigenvalue weighted by Gasteiger charge is 2.17. The molecule has 1 N–H and O–H groups in total. The predicted molar refractivity (Wildman–Crippen MR) is 65.7 cm³/mol. The summed E-state index contributed by atoms with van der Waals surface area (Å²) in [5, 5.41) is 13.0. The molecule has 0 aliphatic carbocycles. The van der Waals surface area contributed by atoms with Crippen LogP contribution in [-0.4, -0.2) is 40.2 Å². The van der Waals surface area contributed by atoms with Crippen molar-refractivity contribution >= 4 is 5.97 Å². The molecule has 0 saturated carbocycles. The fourth-order valence-corrected chi connectivity index (χ4v) is 1.53. The molecule has 6 heteroatoms. The molecule has 0 amide bonds. The van der Waals surface area contributed by atoms with Gasteiger partial charge in [0.2, 0.25) is 0 Å². The van der Waals surface area contributed by atoms with Gasteiger partial charge in [-0.05, 0) is 13.3 Å². The second-order valence-corrected chi connectivity index (χ2v) is 3.86. The third-order valence-electron chi connectivity index (χ3n) is 2.35. The number of carboxylic acids is 1. The second kappa shape index (κ2) is 7.71. The van der Waals surface area contributed by atoms with Crippen LogP contribution in [-0.2, 0) is 16.1 Å². The molecule has 0 aliphatic rings. The van der Waals surface area contributed by atoms with Crippen LogP contribution in [0.2, 0.25) is 0 Å². The van der Waals surface area contributed by atoms with Gasteiger partial charge in [0.05, 0.1) is 19.0 Å². The normalized spacial score (nSPS) is 12.3. The molecular weight excluding hydrogens is 236 g/mol. The number of aliphatic carboxylic acids is 1. The van der Waals surface area contributed by atoms with Crippen molar-refractivity contribution in [2.75, 3.05) is 13.2 Å². The fraction of sp³-hybridized carbons (Fsp3) is 0.667. The molecule has 0 spiro atoms. The lowest BCUT2D eigenvalue weighted by atomic mass is 10.2. The van der Waals surface area contributed by atoms with Crippen molar-refractivity contribution in [2.24, 2.45) is 0 Å². The standard InChI is InChI=1S/C12H20N2O4/c1-3-6-14-9-10(8-13-14)18-7-5-11(12(15)16)17-4-2/h8-9,11H,3-7H2,1-2H3,(H,15,16). The molecule has 0 bridgehead atoms. The van der Waals surface area contributed by atoms with E-state index in [4.69, 9.17) is 14.6 Å². The summed E-state index contributed by atoms with van der Waals surface area (Å²) in [7, 11) is 0. The summed E-state index contributed by atoms with van der Waals surface area (Å²) in [5.74, 6) is -0.300. The van der Waals surface area contributed by atoms with E-state index in [9.17, 15) is 4.79 Å². The van der Waals surface area contributed by atoms with E-state index in [1.807, 2.05) is 0 Å². The molecule has 1 aromatic rings. The number of nitrogens with zero attached hydrogens (tertiary/aromatic N) is 2. The van der Waals surface area contributed by atoms with Crippen LogP contribution in [0.1, 0.15) is 26.7 Å². The highest BCUT2D eigenvalue weighted by Crippen LogP contribution is 2.10. The Morgan fingerprint density at radius 1 is 1.56 bits per heavy atom. The molecule has 6 nitrogen and oxygen atoms in total. The number of aryl methyl sites for hydroxylation is 1. The number of ether oxygens (including phenoxy) is 2. The number of carbonyl (C=O) groups is 1. The molecule has 0 aromatic carbocycles. The van der Waals surface area contributed by atoms with E-state index in [1.54, 1.807) is 24.0 Å². The Morgan fingerprint density at radius 2 is 2.33 bits per heavy atom. The van der Waals surface area contributed by atoms with Crippen molar-refractivity contribution in [1.82, 2.24) is 9.78 Å². The Bertz CT molecular complexity index is 365. The number of hydrogen-bond donors (Lipinski definition) is 1. The molecule has 18 heavy (non-hydrogen) atoms. The summed E-state index contributed by atoms with van der Waals surface area (Å²) in [5.41, 5.74) is 0. The van der Waals surface area contributed by atoms with Gasteiger partial charge in [-0.2, -0.15) is 5.10 Å². The van der Waals surface area contributed by atoms with Gasteiger partial charge in [-0.25, -0.2) is 4.79 Å². The van der Waals surface area contributed by atoms with Crippen molar-refractivity contribution in [3.05, 3.63) is 12.4 Å². The minimum Gasteiger partial charge on any atom is -0.490 e. The Morgan fingerprint density at radius 3 is 2.94 bits per heavy atom. The summed E-state index contributed by atoms with van der Waals surface area (Å²) in [4.78, 5) is 10.8. The summed E-state index contributed by atoms with van der Waals surface area (Å²) in [6.45, 7) is 5.37. The maximum atomic E-state index is 10.8. The van der Waals surface area contributed by atoms with Gasteiger partial charge >= 0.3 is 5.97 Å². The molecular formula is C12H20N2O4. The smallest absolute Gasteiger partial charge is 0.332 e. The van der Waals surface area contributed by atoms with Crippen LogP contribution in [0.15, 0.2) is 12.4 Å². The van der Waals surface area contributed by atoms with Gasteiger partial charge in [0.25, 0.3) is 0 Å². The lowest BCUT2D eigenvalue weighted by molar-refractivity contribution is -0.150. The zero-order valence-corrected chi connectivity index (χ0v) is 10.8. The Balaban J connectivity index is 2.32. The van der Waals surface area contributed by atoms with E-state index >= 15 is 0 Å². The first-order valence-electron chi connectivity index (χ1n) is 6.17. The summed E-state index contributed by atoms with van der Waals surface area (Å²) >= 11 is 0. The quantitative estimate of drug-likeness (QED) is 0.725. The van der Waals surface area contributed by atoms with Crippen molar-refractivity contribution in [3.63, 3.8) is 0 Å².